The number of hydrogen-bond donors (Lipinski definition) is 2. The first kappa shape index (κ1) is 13.1. The number of nitrogens with two attached hydrogens (primary N) is 1. The molecule has 0 aliphatic rings. The average molecular weight is 311 g/mol. The van der Waals surface area contributed by atoms with E-state index < -0.39 is 12.0 Å². The second kappa shape index (κ2) is 4.74. The SMILES string of the molecule is Cc1cccc2c(CC(N)C(=O)O)c(Br)n(C)c12. The van der Waals surface area contributed by atoms with Crippen LogP contribution >= 0.6 is 15.9 Å². The van der Waals surface area contributed by atoms with Gasteiger partial charge < -0.3 is 15.4 Å². The van der Waals surface area contributed by atoms with E-state index in [-0.39, 0.29) is 0 Å². The molecule has 2 aromatic rings. The lowest BCUT2D eigenvalue weighted by molar-refractivity contribution is -0.138. The van der Waals surface area contributed by atoms with Crippen LogP contribution in [0.5, 0.6) is 0 Å². The quantitative estimate of drug-likeness (QED) is 0.913. The Hall–Kier alpha value is -1.33. The van der Waals surface area contributed by atoms with Gasteiger partial charge in [-0.05, 0) is 34.0 Å². The first-order valence-electron chi connectivity index (χ1n) is 5.64. The second-order valence-corrected chi connectivity index (χ2v) is 5.20. The lowest BCUT2D eigenvalue weighted by Crippen LogP contribution is -2.32. The molecule has 2 rings (SSSR count). The van der Waals surface area contributed by atoms with Gasteiger partial charge in [0.05, 0.1) is 10.1 Å². The fourth-order valence-electron chi connectivity index (χ4n) is 2.26. The van der Waals surface area contributed by atoms with E-state index in [1.165, 1.54) is 0 Å². The van der Waals surface area contributed by atoms with Gasteiger partial charge in [0.25, 0.3) is 0 Å². The van der Waals surface area contributed by atoms with Crippen LogP contribution < -0.4 is 5.73 Å². The number of aryl methyl sites for hydroxylation is 2. The molecule has 0 spiro atoms. The number of carboxylic acids is 1. The monoisotopic (exact) mass is 310 g/mol. The van der Waals surface area contributed by atoms with Crippen LogP contribution in [0.25, 0.3) is 10.9 Å². The highest BCUT2D eigenvalue weighted by atomic mass is 79.9. The molecule has 0 aliphatic carbocycles. The van der Waals surface area contributed by atoms with Crippen LogP contribution in [-0.4, -0.2) is 21.7 Å². The predicted molar refractivity (Wildman–Crippen MR) is 74.7 cm³/mol. The number of rotatable bonds is 3. The van der Waals surface area contributed by atoms with Gasteiger partial charge in [-0.25, -0.2) is 0 Å². The smallest absolute Gasteiger partial charge is 0.320 e. The molecule has 1 aromatic carbocycles. The maximum Gasteiger partial charge on any atom is 0.320 e. The molecule has 0 saturated carbocycles. The number of halogens is 1. The highest BCUT2D eigenvalue weighted by Crippen LogP contribution is 2.32. The molecule has 0 radical (unpaired) electrons. The molecular weight excluding hydrogens is 296 g/mol. The largest absolute Gasteiger partial charge is 0.480 e. The Balaban J connectivity index is 2.61. The summed E-state index contributed by atoms with van der Waals surface area (Å²) in [5, 5.41) is 9.98. The molecule has 0 saturated heterocycles. The standard InChI is InChI=1S/C13H15BrN2O2/c1-7-4-3-5-8-9(6-10(15)13(17)18)12(14)16(2)11(7)8/h3-5,10H,6,15H2,1-2H3,(H,17,18). The molecule has 1 unspecified atom stereocenters. The van der Waals surface area contributed by atoms with Crippen molar-refractivity contribution in [3.05, 3.63) is 33.9 Å². The number of fused-ring (bicyclic) bond motifs is 1. The van der Waals surface area contributed by atoms with E-state index in [9.17, 15) is 4.79 Å². The Morgan fingerprint density at radius 3 is 2.83 bits per heavy atom. The summed E-state index contributed by atoms with van der Waals surface area (Å²) in [7, 11) is 1.95. The van der Waals surface area contributed by atoms with E-state index in [2.05, 4.69) is 15.9 Å². The molecule has 3 N–H and O–H groups in total. The summed E-state index contributed by atoms with van der Waals surface area (Å²) in [6, 6.07) is 5.12. The summed E-state index contributed by atoms with van der Waals surface area (Å²) in [5.41, 5.74) is 8.84. The molecule has 0 amide bonds. The summed E-state index contributed by atoms with van der Waals surface area (Å²) >= 11 is 3.52. The van der Waals surface area contributed by atoms with Crippen molar-refractivity contribution in [1.82, 2.24) is 4.57 Å². The van der Waals surface area contributed by atoms with E-state index in [0.29, 0.717) is 6.42 Å². The molecule has 4 nitrogen and oxygen atoms in total. The minimum Gasteiger partial charge on any atom is -0.480 e. The summed E-state index contributed by atoms with van der Waals surface area (Å²) < 4.78 is 2.91. The molecule has 96 valence electrons. The summed E-state index contributed by atoms with van der Waals surface area (Å²) in [6.45, 7) is 2.04. The van der Waals surface area contributed by atoms with Crippen molar-refractivity contribution in [3.63, 3.8) is 0 Å². The van der Waals surface area contributed by atoms with E-state index in [1.54, 1.807) is 0 Å². The van der Waals surface area contributed by atoms with Crippen molar-refractivity contribution in [2.24, 2.45) is 12.8 Å². The summed E-state index contributed by atoms with van der Waals surface area (Å²) in [4.78, 5) is 10.9. The van der Waals surface area contributed by atoms with Crippen molar-refractivity contribution < 1.29 is 9.90 Å². The van der Waals surface area contributed by atoms with Gasteiger partial charge in [0.2, 0.25) is 0 Å². The van der Waals surface area contributed by atoms with Crippen molar-refractivity contribution >= 4 is 32.8 Å². The zero-order valence-corrected chi connectivity index (χ0v) is 11.9. The molecule has 1 atom stereocenters. The average Bonchev–Trinajstić information content (AvgIpc) is 2.55. The lowest BCUT2D eigenvalue weighted by atomic mass is 10.0. The minimum absolute atomic E-state index is 0.316. The maximum atomic E-state index is 10.9. The van der Waals surface area contributed by atoms with Crippen molar-refractivity contribution in [2.45, 2.75) is 19.4 Å². The fraction of sp³-hybridized carbons (Fsp3) is 0.308. The van der Waals surface area contributed by atoms with Gasteiger partial charge in [0.15, 0.2) is 0 Å². The zero-order valence-electron chi connectivity index (χ0n) is 10.3. The highest BCUT2D eigenvalue weighted by Gasteiger charge is 2.20. The van der Waals surface area contributed by atoms with Gasteiger partial charge in [-0.3, -0.25) is 4.79 Å². The normalized spacial score (nSPS) is 12.9. The molecular formula is C13H15BrN2O2. The van der Waals surface area contributed by atoms with Gasteiger partial charge >= 0.3 is 5.97 Å². The van der Waals surface area contributed by atoms with Crippen LogP contribution in [0.15, 0.2) is 22.8 Å². The number of carboxylic acid groups (broad SMARTS) is 1. The number of nitrogens with zero attached hydrogens (tertiary/aromatic N) is 1. The van der Waals surface area contributed by atoms with Crippen LogP contribution in [0.1, 0.15) is 11.1 Å². The third-order valence-electron chi connectivity index (χ3n) is 3.18. The predicted octanol–water partition coefficient (Wildman–Crippen LogP) is 2.20. The molecule has 0 fully saturated rings. The van der Waals surface area contributed by atoms with Gasteiger partial charge in [0, 0.05) is 18.9 Å². The number of carbonyl (C=O) groups is 1. The molecule has 0 bridgehead atoms. The van der Waals surface area contributed by atoms with Crippen LogP contribution in [0.2, 0.25) is 0 Å². The molecule has 5 heteroatoms. The Labute approximate surface area is 114 Å². The van der Waals surface area contributed by atoms with Crippen molar-refractivity contribution in [3.8, 4) is 0 Å². The van der Waals surface area contributed by atoms with Gasteiger partial charge in [-0.2, -0.15) is 0 Å². The van der Waals surface area contributed by atoms with Crippen LogP contribution in [-0.2, 0) is 18.3 Å². The van der Waals surface area contributed by atoms with Crippen molar-refractivity contribution in [1.29, 1.82) is 0 Å². The highest BCUT2D eigenvalue weighted by molar-refractivity contribution is 9.10. The molecule has 18 heavy (non-hydrogen) atoms. The van der Waals surface area contributed by atoms with Crippen LogP contribution in [0.4, 0.5) is 0 Å². The molecule has 0 aliphatic heterocycles. The first-order chi connectivity index (χ1) is 8.43. The van der Waals surface area contributed by atoms with E-state index in [4.69, 9.17) is 10.8 Å². The zero-order chi connectivity index (χ0) is 13.4. The summed E-state index contributed by atoms with van der Waals surface area (Å²) in [6.07, 6.45) is 0.316. The Kier molecular flexibility index (Phi) is 3.45. The lowest BCUT2D eigenvalue weighted by Gasteiger charge is -2.06. The van der Waals surface area contributed by atoms with E-state index >= 15 is 0 Å². The molecule has 1 heterocycles. The third kappa shape index (κ3) is 2.04. The van der Waals surface area contributed by atoms with Crippen LogP contribution in [0, 0.1) is 6.92 Å². The number of aromatic nitrogens is 1. The fourth-order valence-corrected chi connectivity index (χ4v) is 2.81. The van der Waals surface area contributed by atoms with E-state index in [0.717, 1.165) is 26.6 Å². The second-order valence-electron chi connectivity index (χ2n) is 4.45. The number of aliphatic carboxylic acids is 1. The van der Waals surface area contributed by atoms with Gasteiger partial charge in [-0.15, -0.1) is 0 Å². The van der Waals surface area contributed by atoms with Crippen LogP contribution in [0.3, 0.4) is 0 Å². The third-order valence-corrected chi connectivity index (χ3v) is 4.19. The van der Waals surface area contributed by atoms with Gasteiger partial charge in [-0.1, -0.05) is 18.2 Å². The molecule has 1 aromatic heterocycles. The minimum atomic E-state index is -0.980. The Morgan fingerprint density at radius 1 is 1.56 bits per heavy atom. The Morgan fingerprint density at radius 2 is 2.22 bits per heavy atom. The number of hydrogen-bond acceptors (Lipinski definition) is 2. The number of benzene rings is 1. The first-order valence-corrected chi connectivity index (χ1v) is 6.43. The Bertz CT molecular complexity index is 619. The maximum absolute atomic E-state index is 10.9. The van der Waals surface area contributed by atoms with Crippen molar-refractivity contribution in [2.75, 3.05) is 0 Å². The topological polar surface area (TPSA) is 68.2 Å². The summed E-state index contributed by atoms with van der Waals surface area (Å²) in [5.74, 6) is -0.980. The van der Waals surface area contributed by atoms with E-state index in [1.807, 2.05) is 36.7 Å². The van der Waals surface area contributed by atoms with Gasteiger partial charge in [0.1, 0.15) is 6.04 Å². The number of para-hydroxylation sites is 1.